The zero-order valence-corrected chi connectivity index (χ0v) is 20.1. The molecule has 0 fully saturated rings. The summed E-state index contributed by atoms with van der Waals surface area (Å²) in [6.45, 7) is 8.65. The minimum atomic E-state index is -3.85. The number of rotatable bonds is 8. The highest BCUT2D eigenvalue weighted by atomic mass is 32.2. The van der Waals surface area contributed by atoms with Gasteiger partial charge in [0.05, 0.1) is 37.7 Å². The van der Waals surface area contributed by atoms with Crippen LogP contribution in [0.2, 0.25) is 0 Å². The lowest BCUT2D eigenvalue weighted by atomic mass is 9.91. The lowest BCUT2D eigenvalue weighted by Gasteiger charge is -2.36. The zero-order valence-electron chi connectivity index (χ0n) is 19.3. The first-order chi connectivity index (χ1) is 15.2. The van der Waals surface area contributed by atoms with Crippen molar-refractivity contribution < 1.29 is 27.4 Å². The van der Waals surface area contributed by atoms with Gasteiger partial charge in [0.25, 0.3) is 0 Å². The Kier molecular flexibility index (Phi) is 7.46. The van der Waals surface area contributed by atoms with Gasteiger partial charge in [0, 0.05) is 6.54 Å². The molecule has 0 bridgehead atoms. The molecule has 0 amide bonds. The van der Waals surface area contributed by atoms with Crippen LogP contribution in [0, 0.1) is 13.8 Å². The van der Waals surface area contributed by atoms with Gasteiger partial charge in [-0.2, -0.15) is 4.31 Å². The first-order valence-electron chi connectivity index (χ1n) is 10.8. The van der Waals surface area contributed by atoms with Crippen molar-refractivity contribution in [2.24, 2.45) is 0 Å². The molecule has 174 valence electrons. The topological polar surface area (TPSA) is 82.1 Å². The maximum atomic E-state index is 13.7. The summed E-state index contributed by atoms with van der Waals surface area (Å²) in [5, 5.41) is 0. The van der Waals surface area contributed by atoms with E-state index in [4.69, 9.17) is 14.2 Å². The Balaban J connectivity index is 2.13. The van der Waals surface area contributed by atoms with Crippen molar-refractivity contribution >= 4 is 16.0 Å². The second kappa shape index (κ2) is 9.92. The van der Waals surface area contributed by atoms with Crippen LogP contribution in [0.4, 0.5) is 0 Å². The van der Waals surface area contributed by atoms with Gasteiger partial charge < -0.3 is 14.2 Å². The van der Waals surface area contributed by atoms with Crippen molar-refractivity contribution in [3.8, 4) is 11.5 Å². The van der Waals surface area contributed by atoms with Crippen molar-refractivity contribution in [1.82, 2.24) is 4.31 Å². The Morgan fingerprint density at radius 1 is 1.06 bits per heavy atom. The van der Waals surface area contributed by atoms with Gasteiger partial charge in [0.15, 0.2) is 11.5 Å². The maximum Gasteiger partial charge on any atom is 0.307 e. The van der Waals surface area contributed by atoms with Gasteiger partial charge in [-0.05, 0) is 69.0 Å². The van der Waals surface area contributed by atoms with Crippen molar-refractivity contribution in [2.45, 2.75) is 51.5 Å². The number of methoxy groups -OCH3 is 1. The predicted molar refractivity (Wildman–Crippen MR) is 122 cm³/mol. The van der Waals surface area contributed by atoms with Gasteiger partial charge in [-0.25, -0.2) is 8.42 Å². The third-order valence-electron chi connectivity index (χ3n) is 5.62. The number of sulfonamides is 1. The standard InChI is InChI=1S/C24H31NO6S/c1-6-30-21-13-18-10-11-25(32(27,28)23-9-8-16(3)12-17(23)4)20(15-24(26)29-5)19(18)14-22(21)31-7-2/h8-9,12-14,20H,6-7,10-11,15H2,1-5H3. The summed E-state index contributed by atoms with van der Waals surface area (Å²) in [6, 6.07) is 8.27. The summed E-state index contributed by atoms with van der Waals surface area (Å²) in [7, 11) is -2.54. The van der Waals surface area contributed by atoms with E-state index >= 15 is 0 Å². The molecule has 0 aromatic heterocycles. The van der Waals surface area contributed by atoms with Crippen LogP contribution in [0.25, 0.3) is 0 Å². The van der Waals surface area contributed by atoms with E-state index in [2.05, 4.69) is 0 Å². The smallest absolute Gasteiger partial charge is 0.307 e. The number of carbonyl (C=O) groups excluding carboxylic acids is 1. The van der Waals surface area contributed by atoms with Crippen LogP contribution in [0.5, 0.6) is 11.5 Å². The van der Waals surface area contributed by atoms with E-state index in [9.17, 15) is 13.2 Å². The van der Waals surface area contributed by atoms with E-state index in [-0.39, 0.29) is 17.9 Å². The number of aryl methyl sites for hydroxylation is 2. The zero-order chi connectivity index (χ0) is 23.5. The van der Waals surface area contributed by atoms with E-state index in [1.807, 2.05) is 32.9 Å². The molecule has 8 heteroatoms. The van der Waals surface area contributed by atoms with Gasteiger partial charge >= 0.3 is 5.97 Å². The fourth-order valence-electron chi connectivity index (χ4n) is 4.18. The number of esters is 1. The number of carbonyl (C=O) groups is 1. The summed E-state index contributed by atoms with van der Waals surface area (Å²) in [5.41, 5.74) is 3.34. The lowest BCUT2D eigenvalue weighted by molar-refractivity contribution is -0.141. The second-order valence-electron chi connectivity index (χ2n) is 7.79. The molecule has 0 radical (unpaired) electrons. The first-order valence-corrected chi connectivity index (χ1v) is 12.2. The Morgan fingerprint density at radius 3 is 2.31 bits per heavy atom. The van der Waals surface area contributed by atoms with E-state index in [1.54, 1.807) is 25.1 Å². The Morgan fingerprint density at radius 2 is 1.72 bits per heavy atom. The van der Waals surface area contributed by atoms with Gasteiger partial charge in [-0.3, -0.25) is 4.79 Å². The van der Waals surface area contributed by atoms with Crippen LogP contribution in [0.1, 0.15) is 48.6 Å². The number of hydrogen-bond acceptors (Lipinski definition) is 6. The highest BCUT2D eigenvalue weighted by Crippen LogP contribution is 2.42. The average Bonchev–Trinajstić information content (AvgIpc) is 2.74. The lowest BCUT2D eigenvalue weighted by Crippen LogP contribution is -2.41. The molecule has 2 aromatic carbocycles. The molecule has 1 unspecified atom stereocenters. The monoisotopic (exact) mass is 461 g/mol. The molecule has 1 heterocycles. The van der Waals surface area contributed by atoms with Gasteiger partial charge in [-0.15, -0.1) is 0 Å². The number of fused-ring (bicyclic) bond motifs is 1. The highest BCUT2D eigenvalue weighted by molar-refractivity contribution is 7.89. The van der Waals surface area contributed by atoms with Crippen molar-refractivity contribution in [1.29, 1.82) is 0 Å². The Labute approximate surface area is 190 Å². The molecular formula is C24H31NO6S. The molecule has 0 saturated carbocycles. The number of hydrogen-bond donors (Lipinski definition) is 0. The van der Waals surface area contributed by atoms with Crippen LogP contribution in [-0.2, 0) is 26.0 Å². The summed E-state index contributed by atoms with van der Waals surface area (Å²) >= 11 is 0. The van der Waals surface area contributed by atoms with Crippen LogP contribution in [-0.4, -0.2) is 45.6 Å². The minimum Gasteiger partial charge on any atom is -0.490 e. The third-order valence-corrected chi connectivity index (χ3v) is 7.69. The molecule has 0 saturated heterocycles. The fraction of sp³-hybridized carbons (Fsp3) is 0.458. The van der Waals surface area contributed by atoms with E-state index in [1.165, 1.54) is 11.4 Å². The summed E-state index contributed by atoms with van der Waals surface area (Å²) in [5.74, 6) is 0.680. The van der Waals surface area contributed by atoms with Gasteiger partial charge in [-0.1, -0.05) is 17.7 Å². The molecule has 3 rings (SSSR count). The molecule has 1 aliphatic rings. The SMILES string of the molecule is CCOc1cc2c(cc1OCC)C(CC(=O)OC)N(S(=O)(=O)c1ccc(C)cc1C)CC2. The van der Waals surface area contributed by atoms with Crippen LogP contribution < -0.4 is 9.47 Å². The average molecular weight is 462 g/mol. The molecule has 0 N–H and O–H groups in total. The number of nitrogens with zero attached hydrogens (tertiary/aromatic N) is 1. The normalized spacial score (nSPS) is 16.3. The summed E-state index contributed by atoms with van der Waals surface area (Å²) in [6.07, 6.45) is 0.414. The molecule has 32 heavy (non-hydrogen) atoms. The van der Waals surface area contributed by atoms with Crippen molar-refractivity contribution in [3.05, 3.63) is 52.6 Å². The van der Waals surface area contributed by atoms with E-state index < -0.39 is 22.0 Å². The number of benzene rings is 2. The van der Waals surface area contributed by atoms with E-state index in [0.717, 1.165) is 16.7 Å². The summed E-state index contributed by atoms with van der Waals surface area (Å²) < 4.78 is 45.2. The van der Waals surface area contributed by atoms with Gasteiger partial charge in [0.2, 0.25) is 10.0 Å². The fourth-order valence-corrected chi connectivity index (χ4v) is 5.99. The first kappa shape index (κ1) is 24.1. The van der Waals surface area contributed by atoms with Crippen LogP contribution in [0.3, 0.4) is 0 Å². The third kappa shape index (κ3) is 4.76. The maximum absolute atomic E-state index is 13.7. The molecular weight excluding hydrogens is 430 g/mol. The van der Waals surface area contributed by atoms with Crippen molar-refractivity contribution in [3.63, 3.8) is 0 Å². The quantitative estimate of drug-likeness (QED) is 0.554. The largest absolute Gasteiger partial charge is 0.490 e. The molecule has 0 aliphatic carbocycles. The minimum absolute atomic E-state index is 0.0901. The van der Waals surface area contributed by atoms with Crippen molar-refractivity contribution in [2.75, 3.05) is 26.9 Å². The second-order valence-corrected chi connectivity index (χ2v) is 9.65. The number of ether oxygens (including phenoxy) is 3. The predicted octanol–water partition coefficient (Wildman–Crippen LogP) is 3.95. The van der Waals surface area contributed by atoms with E-state index in [0.29, 0.717) is 36.7 Å². The van der Waals surface area contributed by atoms with Gasteiger partial charge in [0.1, 0.15) is 0 Å². The Hall–Kier alpha value is -2.58. The molecule has 1 aliphatic heterocycles. The summed E-state index contributed by atoms with van der Waals surface area (Å²) in [4.78, 5) is 12.5. The highest BCUT2D eigenvalue weighted by Gasteiger charge is 2.39. The molecule has 2 aromatic rings. The van der Waals surface area contributed by atoms with Crippen LogP contribution in [0.15, 0.2) is 35.2 Å². The molecule has 0 spiro atoms. The molecule has 7 nitrogen and oxygen atoms in total. The molecule has 1 atom stereocenters. The Bertz CT molecular complexity index is 1100. The van der Waals surface area contributed by atoms with Crippen LogP contribution >= 0.6 is 0 Å².